The van der Waals surface area contributed by atoms with Crippen LogP contribution in [0.15, 0.2) is 24.3 Å². The summed E-state index contributed by atoms with van der Waals surface area (Å²) in [6.07, 6.45) is 2.19. The highest BCUT2D eigenvalue weighted by atomic mass is 16.5. The van der Waals surface area contributed by atoms with Crippen LogP contribution in [0.5, 0.6) is 5.75 Å². The van der Waals surface area contributed by atoms with Crippen LogP contribution in [-0.4, -0.2) is 49.6 Å². The molecule has 24 heavy (non-hydrogen) atoms. The second kappa shape index (κ2) is 8.57. The van der Waals surface area contributed by atoms with Crippen molar-refractivity contribution < 1.29 is 14.3 Å². The maximum atomic E-state index is 12.4. The normalized spacial score (nSPS) is 17.0. The van der Waals surface area contributed by atoms with Gasteiger partial charge in [0.15, 0.2) is 0 Å². The van der Waals surface area contributed by atoms with Crippen LogP contribution in [0.1, 0.15) is 33.1 Å². The average Bonchev–Trinajstić information content (AvgIpc) is 2.95. The first-order chi connectivity index (χ1) is 11.6. The minimum absolute atomic E-state index is 0.0306. The van der Waals surface area contributed by atoms with E-state index in [1.54, 1.807) is 12.0 Å². The third-order valence-electron chi connectivity index (χ3n) is 4.11. The lowest BCUT2D eigenvalue weighted by molar-refractivity contribution is -0.117. The van der Waals surface area contributed by atoms with Crippen LogP contribution in [0.2, 0.25) is 0 Å². The van der Waals surface area contributed by atoms with E-state index in [0.29, 0.717) is 13.0 Å². The molecule has 1 atom stereocenters. The SMILES string of the molecule is CCCN(CCC)C(=O)N[C@H]1CC(=O)N(c2ccc(OC)cc2)C1. The summed E-state index contributed by atoms with van der Waals surface area (Å²) in [6.45, 7) is 6.09. The first-order valence-electron chi connectivity index (χ1n) is 8.58. The molecule has 2 rings (SSSR count). The van der Waals surface area contributed by atoms with Gasteiger partial charge in [-0.25, -0.2) is 4.79 Å². The minimum Gasteiger partial charge on any atom is -0.497 e. The fourth-order valence-corrected chi connectivity index (χ4v) is 2.94. The lowest BCUT2D eigenvalue weighted by Crippen LogP contribution is -2.46. The minimum atomic E-state index is -0.150. The Morgan fingerprint density at radius 1 is 1.25 bits per heavy atom. The van der Waals surface area contributed by atoms with Gasteiger partial charge in [-0.3, -0.25) is 4.79 Å². The van der Waals surface area contributed by atoms with E-state index in [0.717, 1.165) is 37.4 Å². The number of methoxy groups -OCH3 is 1. The molecule has 6 heteroatoms. The van der Waals surface area contributed by atoms with Crippen LogP contribution in [0.25, 0.3) is 0 Å². The summed E-state index contributed by atoms with van der Waals surface area (Å²) in [5.74, 6) is 0.785. The lowest BCUT2D eigenvalue weighted by atomic mass is 10.2. The van der Waals surface area contributed by atoms with Crippen molar-refractivity contribution in [2.45, 2.75) is 39.2 Å². The topological polar surface area (TPSA) is 61.9 Å². The molecule has 1 aromatic carbocycles. The first kappa shape index (κ1) is 18.1. The van der Waals surface area contributed by atoms with Crippen LogP contribution in [0.4, 0.5) is 10.5 Å². The monoisotopic (exact) mass is 333 g/mol. The number of carbonyl (C=O) groups is 2. The number of rotatable bonds is 7. The van der Waals surface area contributed by atoms with E-state index >= 15 is 0 Å². The molecule has 6 nitrogen and oxygen atoms in total. The van der Waals surface area contributed by atoms with E-state index < -0.39 is 0 Å². The number of benzene rings is 1. The molecule has 3 amide bonds. The number of nitrogens with one attached hydrogen (secondary N) is 1. The smallest absolute Gasteiger partial charge is 0.317 e. The zero-order valence-corrected chi connectivity index (χ0v) is 14.7. The van der Waals surface area contributed by atoms with Gasteiger partial charge in [0.1, 0.15) is 5.75 Å². The highest BCUT2D eigenvalue weighted by Gasteiger charge is 2.32. The van der Waals surface area contributed by atoms with Crippen molar-refractivity contribution in [1.82, 2.24) is 10.2 Å². The highest BCUT2D eigenvalue weighted by molar-refractivity contribution is 5.96. The van der Waals surface area contributed by atoms with Crippen LogP contribution in [0.3, 0.4) is 0 Å². The first-order valence-corrected chi connectivity index (χ1v) is 8.58. The van der Waals surface area contributed by atoms with Gasteiger partial charge in [0.25, 0.3) is 0 Å². The van der Waals surface area contributed by atoms with Gasteiger partial charge in [-0.15, -0.1) is 0 Å². The summed E-state index contributed by atoms with van der Waals surface area (Å²) >= 11 is 0. The summed E-state index contributed by atoms with van der Waals surface area (Å²) in [6, 6.07) is 7.16. The molecule has 0 bridgehead atoms. The number of hydrogen-bond donors (Lipinski definition) is 1. The zero-order chi connectivity index (χ0) is 17.5. The van der Waals surface area contributed by atoms with Crippen molar-refractivity contribution in [3.8, 4) is 5.75 Å². The van der Waals surface area contributed by atoms with Crippen molar-refractivity contribution >= 4 is 17.6 Å². The molecule has 1 saturated heterocycles. The molecule has 0 radical (unpaired) electrons. The van der Waals surface area contributed by atoms with E-state index in [4.69, 9.17) is 4.74 Å². The van der Waals surface area contributed by atoms with E-state index in [-0.39, 0.29) is 18.0 Å². The van der Waals surface area contributed by atoms with Gasteiger partial charge in [0, 0.05) is 31.7 Å². The largest absolute Gasteiger partial charge is 0.497 e. The molecular formula is C18H27N3O3. The maximum Gasteiger partial charge on any atom is 0.317 e. The van der Waals surface area contributed by atoms with Gasteiger partial charge in [-0.1, -0.05) is 13.8 Å². The second-order valence-corrected chi connectivity index (χ2v) is 6.04. The third-order valence-corrected chi connectivity index (χ3v) is 4.11. The third kappa shape index (κ3) is 4.40. The summed E-state index contributed by atoms with van der Waals surface area (Å²) in [5.41, 5.74) is 0.830. The number of hydrogen-bond acceptors (Lipinski definition) is 3. The number of amides is 3. The summed E-state index contributed by atoms with van der Waals surface area (Å²) in [5, 5.41) is 3.00. The number of anilines is 1. The van der Waals surface area contributed by atoms with E-state index in [1.807, 2.05) is 29.2 Å². The Hall–Kier alpha value is -2.24. The van der Waals surface area contributed by atoms with Crippen molar-refractivity contribution in [2.24, 2.45) is 0 Å². The number of carbonyl (C=O) groups excluding carboxylic acids is 2. The van der Waals surface area contributed by atoms with Crippen molar-refractivity contribution in [2.75, 3.05) is 31.6 Å². The van der Waals surface area contributed by atoms with Crippen molar-refractivity contribution in [3.63, 3.8) is 0 Å². The zero-order valence-electron chi connectivity index (χ0n) is 14.7. The Bertz CT molecular complexity index is 553. The average molecular weight is 333 g/mol. The van der Waals surface area contributed by atoms with E-state index in [2.05, 4.69) is 19.2 Å². The molecule has 1 heterocycles. The number of ether oxygens (including phenoxy) is 1. The molecule has 1 N–H and O–H groups in total. The number of urea groups is 1. The molecule has 0 unspecified atom stereocenters. The van der Waals surface area contributed by atoms with Crippen molar-refractivity contribution in [1.29, 1.82) is 0 Å². The molecule has 1 aliphatic rings. The Kier molecular flexibility index (Phi) is 6.46. The molecule has 132 valence electrons. The molecular weight excluding hydrogens is 306 g/mol. The molecule has 0 aliphatic carbocycles. The summed E-state index contributed by atoms with van der Waals surface area (Å²) in [7, 11) is 1.61. The molecule has 1 aliphatic heterocycles. The van der Waals surface area contributed by atoms with Gasteiger partial charge < -0.3 is 19.9 Å². The standard InChI is InChI=1S/C18H27N3O3/c1-4-10-20(11-5-2)18(23)19-14-12-17(22)21(13-14)15-6-8-16(24-3)9-7-15/h6-9,14H,4-5,10-13H2,1-3H3,(H,19,23)/t14-/m0/s1. The quantitative estimate of drug-likeness (QED) is 0.834. The van der Waals surface area contributed by atoms with Gasteiger partial charge >= 0.3 is 6.03 Å². The number of nitrogens with zero attached hydrogens (tertiary/aromatic N) is 2. The summed E-state index contributed by atoms with van der Waals surface area (Å²) in [4.78, 5) is 28.2. The van der Waals surface area contributed by atoms with E-state index in [9.17, 15) is 9.59 Å². The lowest BCUT2D eigenvalue weighted by Gasteiger charge is -2.24. The van der Waals surface area contributed by atoms with Gasteiger partial charge in [-0.2, -0.15) is 0 Å². The van der Waals surface area contributed by atoms with Crippen LogP contribution in [0, 0.1) is 0 Å². The van der Waals surface area contributed by atoms with Crippen LogP contribution >= 0.6 is 0 Å². The van der Waals surface area contributed by atoms with Crippen LogP contribution < -0.4 is 15.0 Å². The second-order valence-electron chi connectivity index (χ2n) is 6.04. The predicted octanol–water partition coefficient (Wildman–Crippen LogP) is 2.63. The molecule has 1 aromatic rings. The van der Waals surface area contributed by atoms with Gasteiger partial charge in [-0.05, 0) is 37.1 Å². The fraction of sp³-hybridized carbons (Fsp3) is 0.556. The Labute approximate surface area is 143 Å². The molecule has 0 saturated carbocycles. The predicted molar refractivity (Wildman–Crippen MR) is 94.4 cm³/mol. The highest BCUT2D eigenvalue weighted by Crippen LogP contribution is 2.24. The molecule has 1 fully saturated rings. The maximum absolute atomic E-state index is 12.4. The molecule has 0 aromatic heterocycles. The Morgan fingerprint density at radius 2 is 1.88 bits per heavy atom. The van der Waals surface area contributed by atoms with Gasteiger partial charge in [0.2, 0.25) is 5.91 Å². The van der Waals surface area contributed by atoms with Crippen molar-refractivity contribution in [3.05, 3.63) is 24.3 Å². The summed E-state index contributed by atoms with van der Waals surface area (Å²) < 4.78 is 5.14. The molecule has 0 spiro atoms. The van der Waals surface area contributed by atoms with Gasteiger partial charge in [0.05, 0.1) is 13.2 Å². The van der Waals surface area contributed by atoms with E-state index in [1.165, 1.54) is 0 Å². The van der Waals surface area contributed by atoms with Crippen LogP contribution in [-0.2, 0) is 4.79 Å². The fourth-order valence-electron chi connectivity index (χ4n) is 2.94. The Balaban J connectivity index is 1.96. The Morgan fingerprint density at radius 3 is 2.42 bits per heavy atom.